The molecule has 0 heterocycles. The van der Waals surface area contributed by atoms with Gasteiger partial charge in [0.05, 0.1) is 0 Å². The molecule has 1 aromatic rings. The number of nitrogens with one attached hydrogen (secondary N) is 1. The van der Waals surface area contributed by atoms with Crippen LogP contribution in [0.3, 0.4) is 0 Å². The van der Waals surface area contributed by atoms with Crippen molar-refractivity contribution < 1.29 is 9.90 Å². The van der Waals surface area contributed by atoms with Crippen molar-refractivity contribution in [1.29, 1.82) is 0 Å². The van der Waals surface area contributed by atoms with Crippen LogP contribution in [0.25, 0.3) is 0 Å². The number of aliphatic carboxylic acids is 1. The summed E-state index contributed by atoms with van der Waals surface area (Å²) in [5.74, 6) is -0.880. The Morgan fingerprint density at radius 3 is 2.59 bits per heavy atom. The van der Waals surface area contributed by atoms with E-state index in [1.165, 1.54) is 0 Å². The fourth-order valence-corrected chi connectivity index (χ4v) is 1.65. The zero-order valence-electron chi connectivity index (χ0n) is 9.74. The molecule has 0 saturated heterocycles. The number of carboxylic acids is 1. The Bertz CT molecular complexity index is 402. The predicted octanol–water partition coefficient (Wildman–Crippen LogP) is 2.50. The van der Waals surface area contributed by atoms with Crippen molar-refractivity contribution >= 4 is 17.6 Å². The molecule has 0 aliphatic carbocycles. The minimum atomic E-state index is -0.998. The third-order valence-electron chi connectivity index (χ3n) is 2.58. The van der Waals surface area contributed by atoms with Crippen molar-refractivity contribution in [3.63, 3.8) is 0 Å². The highest BCUT2D eigenvalue weighted by molar-refractivity contribution is 6.30. The van der Waals surface area contributed by atoms with Gasteiger partial charge in [-0.15, -0.1) is 6.58 Å². The van der Waals surface area contributed by atoms with Crippen molar-refractivity contribution in [2.24, 2.45) is 0 Å². The first-order valence-corrected chi connectivity index (χ1v) is 5.69. The van der Waals surface area contributed by atoms with E-state index >= 15 is 0 Å². The van der Waals surface area contributed by atoms with Crippen molar-refractivity contribution in [1.82, 2.24) is 5.32 Å². The predicted molar refractivity (Wildman–Crippen MR) is 69.4 cm³/mol. The van der Waals surface area contributed by atoms with Crippen LogP contribution in [0.1, 0.15) is 12.5 Å². The number of hydrogen-bond acceptors (Lipinski definition) is 2. The lowest BCUT2D eigenvalue weighted by Crippen LogP contribution is -2.51. The summed E-state index contributed by atoms with van der Waals surface area (Å²) in [6, 6.07) is 7.18. The first-order chi connectivity index (χ1) is 7.98. The summed E-state index contributed by atoms with van der Waals surface area (Å²) in [6.45, 7) is 5.68. The van der Waals surface area contributed by atoms with Crippen molar-refractivity contribution in [2.75, 3.05) is 6.54 Å². The summed E-state index contributed by atoms with van der Waals surface area (Å²) in [6.07, 6.45) is 2.04. The maximum Gasteiger partial charge on any atom is 0.323 e. The van der Waals surface area contributed by atoms with Crippen molar-refractivity contribution in [2.45, 2.75) is 18.9 Å². The lowest BCUT2D eigenvalue weighted by Gasteiger charge is -2.25. The quantitative estimate of drug-likeness (QED) is 0.766. The van der Waals surface area contributed by atoms with E-state index < -0.39 is 11.5 Å². The Morgan fingerprint density at radius 1 is 1.53 bits per heavy atom. The molecule has 17 heavy (non-hydrogen) atoms. The number of carboxylic acid groups (broad SMARTS) is 1. The third-order valence-corrected chi connectivity index (χ3v) is 2.83. The minimum absolute atomic E-state index is 0.396. The molecule has 0 saturated carbocycles. The van der Waals surface area contributed by atoms with Gasteiger partial charge in [-0.2, -0.15) is 0 Å². The molecule has 0 aromatic heterocycles. The Morgan fingerprint density at radius 2 is 2.12 bits per heavy atom. The molecule has 1 atom stereocenters. The maximum atomic E-state index is 11.3. The molecule has 0 radical (unpaired) electrons. The van der Waals surface area contributed by atoms with Gasteiger partial charge in [-0.25, -0.2) is 0 Å². The number of rotatable bonds is 6. The summed E-state index contributed by atoms with van der Waals surface area (Å²) < 4.78 is 0. The molecule has 0 aliphatic rings. The second-order valence-electron chi connectivity index (χ2n) is 4.11. The SMILES string of the molecule is C=CCNC(C)(Cc1ccc(Cl)cc1)C(=O)O. The Labute approximate surface area is 106 Å². The van der Waals surface area contributed by atoms with Gasteiger partial charge in [0.15, 0.2) is 0 Å². The summed E-state index contributed by atoms with van der Waals surface area (Å²) in [5.41, 5.74) is -0.0713. The van der Waals surface area contributed by atoms with E-state index in [4.69, 9.17) is 11.6 Å². The number of benzene rings is 1. The Balaban J connectivity index is 2.82. The van der Waals surface area contributed by atoms with Crippen LogP contribution in [0, 0.1) is 0 Å². The molecular weight excluding hydrogens is 238 g/mol. The van der Waals surface area contributed by atoms with E-state index in [-0.39, 0.29) is 0 Å². The van der Waals surface area contributed by atoms with Gasteiger partial charge in [-0.3, -0.25) is 10.1 Å². The molecule has 1 unspecified atom stereocenters. The average molecular weight is 254 g/mol. The highest BCUT2D eigenvalue weighted by atomic mass is 35.5. The fourth-order valence-electron chi connectivity index (χ4n) is 1.52. The van der Waals surface area contributed by atoms with Gasteiger partial charge >= 0.3 is 5.97 Å². The van der Waals surface area contributed by atoms with Crippen molar-refractivity contribution in [3.05, 3.63) is 47.5 Å². The molecule has 3 nitrogen and oxygen atoms in total. The highest BCUT2D eigenvalue weighted by Crippen LogP contribution is 2.16. The Kier molecular flexibility index (Phi) is 4.73. The first-order valence-electron chi connectivity index (χ1n) is 5.32. The number of carbonyl (C=O) groups is 1. The second kappa shape index (κ2) is 5.84. The van der Waals surface area contributed by atoms with Crippen molar-refractivity contribution in [3.8, 4) is 0 Å². The molecule has 0 aliphatic heterocycles. The maximum absolute atomic E-state index is 11.3. The lowest BCUT2D eigenvalue weighted by atomic mass is 9.93. The zero-order valence-corrected chi connectivity index (χ0v) is 10.5. The van der Waals surface area contributed by atoms with Gasteiger partial charge in [0.2, 0.25) is 0 Å². The Hall–Kier alpha value is -1.32. The zero-order chi connectivity index (χ0) is 12.9. The van der Waals surface area contributed by atoms with E-state index in [9.17, 15) is 9.90 Å². The van der Waals surface area contributed by atoms with Gasteiger partial charge in [-0.05, 0) is 24.6 Å². The summed E-state index contributed by atoms with van der Waals surface area (Å²) in [7, 11) is 0. The van der Waals surface area contributed by atoms with Gasteiger partial charge < -0.3 is 5.11 Å². The van der Waals surface area contributed by atoms with Gasteiger partial charge in [-0.1, -0.05) is 29.8 Å². The molecule has 4 heteroatoms. The van der Waals surface area contributed by atoms with Crippen LogP contribution < -0.4 is 5.32 Å². The van der Waals surface area contributed by atoms with Crippen LogP contribution >= 0.6 is 11.6 Å². The molecule has 0 spiro atoms. The molecule has 0 amide bonds. The molecule has 0 fully saturated rings. The third kappa shape index (κ3) is 3.88. The second-order valence-corrected chi connectivity index (χ2v) is 4.55. The van der Waals surface area contributed by atoms with E-state index in [1.54, 1.807) is 25.1 Å². The number of halogens is 1. The van der Waals surface area contributed by atoms with E-state index in [0.29, 0.717) is 18.0 Å². The molecule has 2 N–H and O–H groups in total. The standard InChI is InChI=1S/C13H16ClNO2/c1-3-8-15-13(2,12(16)17)9-10-4-6-11(14)7-5-10/h3-7,15H,1,8-9H2,2H3,(H,16,17). The molecular formula is C13H16ClNO2. The van der Waals surface area contributed by atoms with Crippen LogP contribution in [0.5, 0.6) is 0 Å². The summed E-state index contributed by atoms with van der Waals surface area (Å²) >= 11 is 5.78. The van der Waals surface area contributed by atoms with Crippen LogP contribution in [0.4, 0.5) is 0 Å². The topological polar surface area (TPSA) is 49.3 Å². The van der Waals surface area contributed by atoms with Crippen LogP contribution in [0.15, 0.2) is 36.9 Å². The fraction of sp³-hybridized carbons (Fsp3) is 0.308. The van der Waals surface area contributed by atoms with Gasteiger partial charge in [0.25, 0.3) is 0 Å². The minimum Gasteiger partial charge on any atom is -0.480 e. The largest absolute Gasteiger partial charge is 0.480 e. The van der Waals surface area contributed by atoms with Crippen LogP contribution in [-0.2, 0) is 11.2 Å². The van der Waals surface area contributed by atoms with E-state index in [2.05, 4.69) is 11.9 Å². The molecule has 1 rings (SSSR count). The van der Waals surface area contributed by atoms with Gasteiger partial charge in [0, 0.05) is 18.0 Å². The molecule has 1 aromatic carbocycles. The first kappa shape index (κ1) is 13.7. The van der Waals surface area contributed by atoms with E-state index in [1.807, 2.05) is 12.1 Å². The highest BCUT2D eigenvalue weighted by Gasteiger charge is 2.32. The molecule has 92 valence electrons. The smallest absolute Gasteiger partial charge is 0.323 e. The summed E-state index contributed by atoms with van der Waals surface area (Å²) in [4.78, 5) is 11.3. The van der Waals surface area contributed by atoms with Crippen LogP contribution in [-0.4, -0.2) is 23.2 Å². The van der Waals surface area contributed by atoms with Gasteiger partial charge in [0.1, 0.15) is 5.54 Å². The molecule has 0 bridgehead atoms. The lowest BCUT2D eigenvalue weighted by molar-refractivity contribution is -0.144. The number of hydrogen-bond donors (Lipinski definition) is 2. The monoisotopic (exact) mass is 253 g/mol. The van der Waals surface area contributed by atoms with Crippen LogP contribution in [0.2, 0.25) is 5.02 Å². The summed E-state index contributed by atoms with van der Waals surface area (Å²) in [5, 5.41) is 12.9. The van der Waals surface area contributed by atoms with E-state index in [0.717, 1.165) is 5.56 Å². The normalized spacial score (nSPS) is 14.0. The average Bonchev–Trinajstić information content (AvgIpc) is 2.29.